The second-order valence-electron chi connectivity index (χ2n) is 5.83. The van der Waals surface area contributed by atoms with Gasteiger partial charge in [-0.15, -0.1) is 0 Å². The van der Waals surface area contributed by atoms with Crippen molar-refractivity contribution in [3.8, 4) is 0 Å². The highest BCUT2D eigenvalue weighted by atomic mass is 14.7. The van der Waals surface area contributed by atoms with Gasteiger partial charge >= 0.3 is 0 Å². The number of rotatable bonds is 5. The van der Waals surface area contributed by atoms with E-state index in [0.717, 1.165) is 5.92 Å². The highest BCUT2D eigenvalue weighted by molar-refractivity contribution is 5.29. The van der Waals surface area contributed by atoms with Crippen LogP contribution >= 0.6 is 0 Å². The minimum Gasteiger partial charge on any atom is -0.261 e. The molecular weight excluding hydrogens is 218 g/mol. The number of aryl methyl sites for hydroxylation is 2. The molecule has 1 heterocycles. The molecular formula is C17H27N. The summed E-state index contributed by atoms with van der Waals surface area (Å²) in [7, 11) is 0. The van der Waals surface area contributed by atoms with E-state index in [9.17, 15) is 0 Å². The number of hydrogen-bond donors (Lipinski definition) is 0. The lowest BCUT2D eigenvalue weighted by molar-refractivity contribution is 0.339. The average molecular weight is 245 g/mol. The maximum Gasteiger partial charge on any atom is 0.0407 e. The van der Waals surface area contributed by atoms with Gasteiger partial charge in [0.2, 0.25) is 0 Å². The van der Waals surface area contributed by atoms with Gasteiger partial charge in [-0.25, -0.2) is 0 Å². The predicted molar refractivity (Wildman–Crippen MR) is 77.9 cm³/mol. The Labute approximate surface area is 112 Å². The lowest BCUT2D eigenvalue weighted by atomic mass is 9.84. The van der Waals surface area contributed by atoms with Crippen molar-refractivity contribution in [1.29, 1.82) is 0 Å². The highest BCUT2D eigenvalue weighted by Crippen LogP contribution is 2.28. The molecule has 1 aromatic heterocycles. The van der Waals surface area contributed by atoms with Crippen molar-refractivity contribution >= 4 is 0 Å². The van der Waals surface area contributed by atoms with Gasteiger partial charge in [-0.2, -0.15) is 0 Å². The second kappa shape index (κ2) is 6.92. The zero-order valence-corrected chi connectivity index (χ0v) is 12.0. The predicted octanol–water partition coefficient (Wildman–Crippen LogP) is 4.86. The monoisotopic (exact) mass is 245 g/mol. The molecule has 0 radical (unpaired) electrons. The Morgan fingerprint density at radius 3 is 2.67 bits per heavy atom. The zero-order valence-electron chi connectivity index (χ0n) is 12.0. The maximum atomic E-state index is 4.45. The molecule has 1 saturated carbocycles. The lowest BCUT2D eigenvalue weighted by Gasteiger charge is -2.22. The first-order chi connectivity index (χ1) is 8.81. The quantitative estimate of drug-likeness (QED) is 0.722. The van der Waals surface area contributed by atoms with Crippen LogP contribution in [0.4, 0.5) is 0 Å². The number of nitrogens with zero attached hydrogens (tertiary/aromatic N) is 1. The molecule has 0 aliphatic heterocycles. The van der Waals surface area contributed by atoms with E-state index in [4.69, 9.17) is 0 Å². The average Bonchev–Trinajstić information content (AvgIpc) is 2.41. The van der Waals surface area contributed by atoms with E-state index in [1.54, 1.807) is 5.56 Å². The molecule has 1 aromatic rings. The molecule has 0 bridgehead atoms. The summed E-state index contributed by atoms with van der Waals surface area (Å²) in [6, 6.07) is 2.25. The fourth-order valence-electron chi connectivity index (χ4n) is 3.31. The third-order valence-electron chi connectivity index (χ3n) is 4.41. The number of aromatic nitrogens is 1. The molecule has 0 N–H and O–H groups in total. The van der Waals surface area contributed by atoms with Gasteiger partial charge in [0, 0.05) is 11.9 Å². The Bertz CT molecular complexity index is 364. The first-order valence-electron chi connectivity index (χ1n) is 7.74. The van der Waals surface area contributed by atoms with E-state index in [0.29, 0.717) is 0 Å². The summed E-state index contributed by atoms with van der Waals surface area (Å²) in [5, 5.41) is 0. The molecule has 0 unspecified atom stereocenters. The Balaban J connectivity index is 1.97. The molecule has 18 heavy (non-hydrogen) atoms. The van der Waals surface area contributed by atoms with Crippen LogP contribution < -0.4 is 0 Å². The van der Waals surface area contributed by atoms with Crippen molar-refractivity contribution in [3.63, 3.8) is 0 Å². The van der Waals surface area contributed by atoms with Gasteiger partial charge in [-0.1, -0.05) is 45.4 Å². The summed E-state index contributed by atoms with van der Waals surface area (Å²) in [6.45, 7) is 4.42. The molecule has 1 fully saturated rings. The van der Waals surface area contributed by atoms with Crippen molar-refractivity contribution in [2.45, 2.75) is 71.6 Å². The smallest absolute Gasteiger partial charge is 0.0407 e. The van der Waals surface area contributed by atoms with Crippen molar-refractivity contribution in [3.05, 3.63) is 29.1 Å². The lowest BCUT2D eigenvalue weighted by Crippen LogP contribution is -2.08. The van der Waals surface area contributed by atoms with Crippen molar-refractivity contribution in [1.82, 2.24) is 4.98 Å². The van der Waals surface area contributed by atoms with Crippen molar-refractivity contribution < 1.29 is 0 Å². The van der Waals surface area contributed by atoms with Crippen molar-refractivity contribution in [2.24, 2.45) is 5.92 Å². The van der Waals surface area contributed by atoms with E-state index < -0.39 is 0 Å². The first-order valence-corrected chi connectivity index (χ1v) is 7.74. The summed E-state index contributed by atoms with van der Waals surface area (Å²) in [6.07, 6.45) is 14.4. The molecule has 0 atom stereocenters. The molecule has 0 saturated heterocycles. The van der Waals surface area contributed by atoms with Gasteiger partial charge < -0.3 is 0 Å². The molecule has 1 aliphatic carbocycles. The molecule has 1 nitrogen and oxygen atoms in total. The van der Waals surface area contributed by atoms with Gasteiger partial charge in [0.05, 0.1) is 0 Å². The van der Waals surface area contributed by atoms with Gasteiger partial charge in [0.25, 0.3) is 0 Å². The van der Waals surface area contributed by atoms with Gasteiger partial charge in [0.1, 0.15) is 0 Å². The van der Waals surface area contributed by atoms with E-state index >= 15 is 0 Å². The molecule has 0 aromatic carbocycles. The van der Waals surface area contributed by atoms with Gasteiger partial charge in [-0.05, 0) is 49.3 Å². The Kier molecular flexibility index (Phi) is 5.22. The highest BCUT2D eigenvalue weighted by Gasteiger charge is 2.14. The van der Waals surface area contributed by atoms with Crippen LogP contribution in [0.15, 0.2) is 12.3 Å². The fourth-order valence-corrected chi connectivity index (χ4v) is 3.31. The summed E-state index contributed by atoms with van der Waals surface area (Å²) in [5.74, 6) is 0.988. The second-order valence-corrected chi connectivity index (χ2v) is 5.83. The standard InChI is InChI=1S/C17H27N/c1-3-7-17-14(2)18-13-12-16(17)11-10-15-8-5-4-6-9-15/h12-13,15H,3-11H2,1-2H3. The van der Waals surface area contributed by atoms with Crippen LogP contribution in [0.5, 0.6) is 0 Å². The Hall–Kier alpha value is -0.850. The van der Waals surface area contributed by atoms with E-state index in [2.05, 4.69) is 24.9 Å². The topological polar surface area (TPSA) is 12.9 Å². The largest absolute Gasteiger partial charge is 0.261 e. The molecule has 100 valence electrons. The van der Waals surface area contributed by atoms with E-state index in [1.807, 2.05) is 6.20 Å². The molecule has 0 spiro atoms. The van der Waals surface area contributed by atoms with Crippen LogP contribution in [-0.2, 0) is 12.8 Å². The summed E-state index contributed by atoms with van der Waals surface area (Å²) >= 11 is 0. The van der Waals surface area contributed by atoms with E-state index in [-0.39, 0.29) is 0 Å². The SMILES string of the molecule is CCCc1c(CCC2CCCCC2)ccnc1C. The van der Waals surface area contributed by atoms with Crippen LogP contribution in [0.3, 0.4) is 0 Å². The van der Waals surface area contributed by atoms with Crippen molar-refractivity contribution in [2.75, 3.05) is 0 Å². The maximum absolute atomic E-state index is 4.45. The normalized spacial score (nSPS) is 17.0. The minimum atomic E-state index is 0.988. The number of hydrogen-bond acceptors (Lipinski definition) is 1. The van der Waals surface area contributed by atoms with Crippen LogP contribution in [0, 0.1) is 12.8 Å². The van der Waals surface area contributed by atoms with Gasteiger partial charge in [0.15, 0.2) is 0 Å². The van der Waals surface area contributed by atoms with Crippen LogP contribution in [0.2, 0.25) is 0 Å². The minimum absolute atomic E-state index is 0.988. The van der Waals surface area contributed by atoms with Crippen LogP contribution in [-0.4, -0.2) is 4.98 Å². The Morgan fingerprint density at radius 1 is 1.17 bits per heavy atom. The summed E-state index contributed by atoms with van der Waals surface area (Å²) in [5.41, 5.74) is 4.34. The van der Waals surface area contributed by atoms with Gasteiger partial charge in [-0.3, -0.25) is 4.98 Å². The molecule has 0 amide bonds. The Morgan fingerprint density at radius 2 is 1.94 bits per heavy atom. The molecule has 1 heteroatoms. The van der Waals surface area contributed by atoms with Crippen LogP contribution in [0.1, 0.15) is 68.7 Å². The third-order valence-corrected chi connectivity index (χ3v) is 4.41. The van der Waals surface area contributed by atoms with E-state index in [1.165, 1.54) is 69.0 Å². The summed E-state index contributed by atoms with van der Waals surface area (Å²) < 4.78 is 0. The summed E-state index contributed by atoms with van der Waals surface area (Å²) in [4.78, 5) is 4.45. The zero-order chi connectivity index (χ0) is 12.8. The number of pyridine rings is 1. The first kappa shape index (κ1) is 13.6. The van der Waals surface area contributed by atoms with Crippen LogP contribution in [0.25, 0.3) is 0 Å². The third kappa shape index (κ3) is 3.57. The fraction of sp³-hybridized carbons (Fsp3) is 0.706. The molecule has 2 rings (SSSR count). The molecule has 1 aliphatic rings.